The summed E-state index contributed by atoms with van der Waals surface area (Å²) in [7, 11) is 0. The van der Waals surface area contributed by atoms with Crippen molar-refractivity contribution < 1.29 is 18.0 Å². The monoisotopic (exact) mass is 326 g/mol. The summed E-state index contributed by atoms with van der Waals surface area (Å²) >= 11 is 0. The SMILES string of the molecule is C[C@@H](c1cccc(C(F)(F)F)c1)N(C(=O)[C@H]1CCNC1)C1CC1. The van der Waals surface area contributed by atoms with Gasteiger partial charge in [0, 0.05) is 12.6 Å². The molecule has 1 saturated carbocycles. The number of nitrogens with one attached hydrogen (secondary N) is 1. The van der Waals surface area contributed by atoms with Crippen LogP contribution in [0.2, 0.25) is 0 Å². The number of amides is 1. The maximum Gasteiger partial charge on any atom is 0.416 e. The zero-order valence-corrected chi connectivity index (χ0v) is 13.1. The lowest BCUT2D eigenvalue weighted by Crippen LogP contribution is -2.40. The highest BCUT2D eigenvalue weighted by Crippen LogP contribution is 2.38. The molecule has 126 valence electrons. The second kappa shape index (κ2) is 6.15. The molecule has 1 heterocycles. The highest BCUT2D eigenvalue weighted by molar-refractivity contribution is 5.80. The lowest BCUT2D eigenvalue weighted by Gasteiger charge is -2.32. The summed E-state index contributed by atoms with van der Waals surface area (Å²) in [6.07, 6.45) is -1.68. The summed E-state index contributed by atoms with van der Waals surface area (Å²) in [5, 5.41) is 3.18. The lowest BCUT2D eigenvalue weighted by atomic mass is 10.0. The van der Waals surface area contributed by atoms with Crippen LogP contribution < -0.4 is 5.32 Å². The molecule has 1 aromatic carbocycles. The van der Waals surface area contributed by atoms with Gasteiger partial charge in [-0.25, -0.2) is 0 Å². The van der Waals surface area contributed by atoms with E-state index in [9.17, 15) is 18.0 Å². The maximum atomic E-state index is 12.9. The van der Waals surface area contributed by atoms with Gasteiger partial charge >= 0.3 is 6.18 Å². The molecule has 1 N–H and O–H groups in total. The largest absolute Gasteiger partial charge is 0.416 e. The van der Waals surface area contributed by atoms with Gasteiger partial charge in [0.25, 0.3) is 0 Å². The normalized spacial score (nSPS) is 22.9. The van der Waals surface area contributed by atoms with E-state index >= 15 is 0 Å². The number of hydrogen-bond donors (Lipinski definition) is 1. The fourth-order valence-electron chi connectivity index (χ4n) is 3.25. The van der Waals surface area contributed by atoms with E-state index in [1.165, 1.54) is 12.1 Å². The summed E-state index contributed by atoms with van der Waals surface area (Å²) in [5.41, 5.74) is -0.112. The zero-order chi connectivity index (χ0) is 16.6. The average Bonchev–Trinajstić information content (AvgIpc) is 3.18. The standard InChI is InChI=1S/C17H21F3N2O/c1-11(12-3-2-4-14(9-12)17(18,19)20)22(15-5-6-15)16(23)13-7-8-21-10-13/h2-4,9,11,13,15,21H,5-8,10H2,1H3/t11-,13-/m0/s1. The third kappa shape index (κ3) is 3.52. The van der Waals surface area contributed by atoms with E-state index in [4.69, 9.17) is 0 Å². The van der Waals surface area contributed by atoms with Gasteiger partial charge in [0.1, 0.15) is 0 Å². The Bertz CT molecular complexity index is 577. The van der Waals surface area contributed by atoms with E-state index in [1.807, 2.05) is 11.8 Å². The molecule has 2 aliphatic rings. The lowest BCUT2D eigenvalue weighted by molar-refractivity contribution is -0.137. The van der Waals surface area contributed by atoms with E-state index in [0.29, 0.717) is 12.1 Å². The summed E-state index contributed by atoms with van der Waals surface area (Å²) in [6.45, 7) is 3.32. The highest BCUT2D eigenvalue weighted by Gasteiger charge is 2.40. The Balaban J connectivity index is 1.84. The molecular weight excluding hydrogens is 305 g/mol. The third-order valence-electron chi connectivity index (χ3n) is 4.72. The number of hydrogen-bond acceptors (Lipinski definition) is 2. The number of rotatable bonds is 4. The number of alkyl halides is 3. The first-order valence-electron chi connectivity index (χ1n) is 8.08. The average molecular weight is 326 g/mol. The molecule has 6 heteroatoms. The minimum atomic E-state index is -4.36. The van der Waals surface area contributed by atoms with Gasteiger partial charge in [-0.2, -0.15) is 13.2 Å². The fourth-order valence-corrected chi connectivity index (χ4v) is 3.25. The molecule has 0 spiro atoms. The van der Waals surface area contributed by atoms with E-state index < -0.39 is 11.7 Å². The number of carbonyl (C=O) groups is 1. The van der Waals surface area contributed by atoms with Gasteiger partial charge in [0.05, 0.1) is 17.5 Å². The Morgan fingerprint density at radius 2 is 2.04 bits per heavy atom. The van der Waals surface area contributed by atoms with Crippen LogP contribution in [0.15, 0.2) is 24.3 Å². The van der Waals surface area contributed by atoms with Crippen molar-refractivity contribution in [2.24, 2.45) is 5.92 Å². The molecule has 1 aromatic rings. The van der Waals surface area contributed by atoms with Crippen LogP contribution in [0.1, 0.15) is 43.4 Å². The molecular formula is C17H21F3N2O. The van der Waals surface area contributed by atoms with E-state index in [0.717, 1.165) is 31.9 Å². The smallest absolute Gasteiger partial charge is 0.333 e. The van der Waals surface area contributed by atoms with Crippen LogP contribution in [-0.2, 0) is 11.0 Å². The Hall–Kier alpha value is -1.56. The van der Waals surface area contributed by atoms with Crippen LogP contribution >= 0.6 is 0 Å². The number of nitrogens with zero attached hydrogens (tertiary/aromatic N) is 1. The zero-order valence-electron chi connectivity index (χ0n) is 13.1. The predicted octanol–water partition coefficient (Wildman–Crippen LogP) is 3.37. The summed E-state index contributed by atoms with van der Waals surface area (Å²) in [4.78, 5) is 14.6. The summed E-state index contributed by atoms with van der Waals surface area (Å²) in [5.74, 6) is 0.0197. The molecule has 1 aliphatic carbocycles. The van der Waals surface area contributed by atoms with Crippen molar-refractivity contribution >= 4 is 5.91 Å². The molecule has 1 amide bonds. The first-order chi connectivity index (χ1) is 10.9. The van der Waals surface area contributed by atoms with Crippen molar-refractivity contribution in [3.8, 4) is 0 Å². The van der Waals surface area contributed by atoms with Crippen LogP contribution in [0.5, 0.6) is 0 Å². The molecule has 1 saturated heterocycles. The maximum absolute atomic E-state index is 12.9. The van der Waals surface area contributed by atoms with Crippen molar-refractivity contribution in [3.63, 3.8) is 0 Å². The molecule has 2 atom stereocenters. The van der Waals surface area contributed by atoms with Crippen LogP contribution in [0.4, 0.5) is 13.2 Å². The quantitative estimate of drug-likeness (QED) is 0.920. The van der Waals surface area contributed by atoms with Gasteiger partial charge in [0.15, 0.2) is 0 Å². The molecule has 0 aromatic heterocycles. The van der Waals surface area contributed by atoms with Crippen molar-refractivity contribution in [1.29, 1.82) is 0 Å². The molecule has 0 radical (unpaired) electrons. The Morgan fingerprint density at radius 1 is 1.30 bits per heavy atom. The predicted molar refractivity (Wildman–Crippen MR) is 80.7 cm³/mol. The van der Waals surface area contributed by atoms with Crippen molar-refractivity contribution in [2.45, 2.75) is 44.4 Å². The van der Waals surface area contributed by atoms with Crippen LogP contribution in [0.3, 0.4) is 0 Å². The molecule has 1 aliphatic heterocycles. The molecule has 0 bridgehead atoms. The third-order valence-corrected chi connectivity index (χ3v) is 4.72. The molecule has 3 nitrogen and oxygen atoms in total. The van der Waals surface area contributed by atoms with Crippen molar-refractivity contribution in [2.75, 3.05) is 13.1 Å². The number of halogens is 3. The van der Waals surface area contributed by atoms with Gasteiger partial charge in [0.2, 0.25) is 5.91 Å². The van der Waals surface area contributed by atoms with Gasteiger partial charge in [-0.3, -0.25) is 4.79 Å². The molecule has 0 unspecified atom stereocenters. The van der Waals surface area contributed by atoms with Gasteiger partial charge in [-0.1, -0.05) is 12.1 Å². The minimum Gasteiger partial charge on any atom is -0.333 e. The van der Waals surface area contributed by atoms with Crippen molar-refractivity contribution in [1.82, 2.24) is 10.2 Å². The summed E-state index contributed by atoms with van der Waals surface area (Å²) in [6, 6.07) is 5.17. The van der Waals surface area contributed by atoms with Crippen LogP contribution in [0, 0.1) is 5.92 Å². The van der Waals surface area contributed by atoms with E-state index in [-0.39, 0.29) is 23.9 Å². The summed E-state index contributed by atoms with van der Waals surface area (Å²) < 4.78 is 38.8. The number of carbonyl (C=O) groups excluding carboxylic acids is 1. The van der Waals surface area contributed by atoms with E-state index in [2.05, 4.69) is 5.32 Å². The fraction of sp³-hybridized carbons (Fsp3) is 0.588. The van der Waals surface area contributed by atoms with Crippen LogP contribution in [-0.4, -0.2) is 29.9 Å². The second-order valence-electron chi connectivity index (χ2n) is 6.47. The second-order valence-corrected chi connectivity index (χ2v) is 6.47. The van der Waals surface area contributed by atoms with Gasteiger partial charge in [-0.05, 0) is 50.4 Å². The molecule has 23 heavy (non-hydrogen) atoms. The Labute approximate surface area is 133 Å². The molecule has 3 rings (SSSR count). The molecule has 2 fully saturated rings. The highest BCUT2D eigenvalue weighted by atomic mass is 19.4. The van der Waals surface area contributed by atoms with E-state index in [1.54, 1.807) is 6.07 Å². The topological polar surface area (TPSA) is 32.3 Å². The van der Waals surface area contributed by atoms with Gasteiger partial charge in [-0.15, -0.1) is 0 Å². The van der Waals surface area contributed by atoms with Crippen LogP contribution in [0.25, 0.3) is 0 Å². The van der Waals surface area contributed by atoms with Gasteiger partial charge < -0.3 is 10.2 Å². The first kappa shape index (κ1) is 16.3. The van der Waals surface area contributed by atoms with Crippen molar-refractivity contribution in [3.05, 3.63) is 35.4 Å². The number of benzene rings is 1. The first-order valence-corrected chi connectivity index (χ1v) is 8.08. The Kier molecular flexibility index (Phi) is 4.36. The Morgan fingerprint density at radius 3 is 2.61 bits per heavy atom. The minimum absolute atomic E-state index is 0.0520.